The maximum atomic E-state index is 14.6. The normalized spacial score (nSPS) is 13.6. The topological polar surface area (TPSA) is 79.8 Å². The van der Waals surface area contributed by atoms with Crippen molar-refractivity contribution in [3.05, 3.63) is 54.1 Å². The van der Waals surface area contributed by atoms with Gasteiger partial charge in [0.25, 0.3) is 0 Å². The highest BCUT2D eigenvalue weighted by atomic mass is 19.1. The van der Waals surface area contributed by atoms with Crippen LogP contribution in [0.1, 0.15) is 45.6 Å². The second-order valence-corrected chi connectivity index (χ2v) is 9.91. The molecule has 0 radical (unpaired) electrons. The summed E-state index contributed by atoms with van der Waals surface area (Å²) < 4.78 is 14.6. The number of hydrogen-bond donors (Lipinski definition) is 2. The molecule has 2 aromatic heterocycles. The van der Waals surface area contributed by atoms with E-state index in [4.69, 9.17) is 0 Å². The highest BCUT2D eigenvalue weighted by molar-refractivity contribution is 5.93. The predicted octanol–water partition coefficient (Wildman–Crippen LogP) is 5.85. The van der Waals surface area contributed by atoms with Gasteiger partial charge in [0.2, 0.25) is 5.91 Å². The first-order chi connectivity index (χ1) is 15.7. The largest absolute Gasteiger partial charge is 0.383 e. The Morgan fingerprint density at radius 1 is 1.15 bits per heavy atom. The number of rotatable bonds is 7. The van der Waals surface area contributed by atoms with Crippen molar-refractivity contribution < 1.29 is 9.18 Å². The van der Waals surface area contributed by atoms with Gasteiger partial charge in [0.1, 0.15) is 11.6 Å². The highest BCUT2D eigenvalue weighted by Gasteiger charge is 2.29. The summed E-state index contributed by atoms with van der Waals surface area (Å²) in [6.07, 6.45) is 6.14. The number of nitrogens with zero attached hydrogens (tertiary/aromatic N) is 3. The molecule has 0 atom stereocenters. The van der Waals surface area contributed by atoms with Crippen LogP contribution in [0.2, 0.25) is 0 Å². The maximum Gasteiger partial charge on any atom is 0.228 e. The van der Waals surface area contributed by atoms with Crippen molar-refractivity contribution in [1.82, 2.24) is 15.2 Å². The van der Waals surface area contributed by atoms with Crippen LogP contribution in [-0.4, -0.2) is 27.6 Å². The fourth-order valence-corrected chi connectivity index (χ4v) is 3.56. The van der Waals surface area contributed by atoms with Gasteiger partial charge in [-0.3, -0.25) is 4.79 Å². The van der Waals surface area contributed by atoms with E-state index in [9.17, 15) is 9.18 Å². The van der Waals surface area contributed by atoms with Crippen molar-refractivity contribution in [2.75, 3.05) is 17.2 Å². The minimum absolute atomic E-state index is 0.0154. The smallest absolute Gasteiger partial charge is 0.228 e. The first-order valence-electron chi connectivity index (χ1n) is 11.3. The number of aromatic nitrogens is 3. The quantitative estimate of drug-likeness (QED) is 0.475. The number of nitrogens with one attached hydrogen (secondary N) is 2. The Labute approximate surface area is 194 Å². The molecule has 2 heterocycles. The van der Waals surface area contributed by atoms with Crippen molar-refractivity contribution in [3.8, 4) is 22.4 Å². The number of halogens is 1. The van der Waals surface area contributed by atoms with Crippen LogP contribution in [0.15, 0.2) is 42.7 Å². The van der Waals surface area contributed by atoms with Gasteiger partial charge in [-0.15, -0.1) is 0 Å². The minimum atomic E-state index is -0.278. The van der Waals surface area contributed by atoms with Gasteiger partial charge in [-0.2, -0.15) is 10.2 Å². The lowest BCUT2D eigenvalue weighted by molar-refractivity contribution is -0.117. The summed E-state index contributed by atoms with van der Waals surface area (Å²) in [5.74, 6) is 0.365. The SMILES string of the molecule is Cc1cc(F)c(NCCC(C)(C)C)cc1-c1cc(-c2ccnc(NC(=O)C3CC3)c2)cnn1. The van der Waals surface area contributed by atoms with Gasteiger partial charge in [-0.25, -0.2) is 9.37 Å². The fraction of sp³-hybridized carbons (Fsp3) is 0.385. The summed E-state index contributed by atoms with van der Waals surface area (Å²) in [5, 5.41) is 14.6. The van der Waals surface area contributed by atoms with E-state index in [2.05, 4.69) is 46.6 Å². The number of anilines is 2. The molecule has 3 aromatic rings. The zero-order valence-corrected chi connectivity index (χ0v) is 19.6. The molecule has 4 rings (SSSR count). The number of hydrogen-bond acceptors (Lipinski definition) is 5. The van der Waals surface area contributed by atoms with Gasteiger partial charge < -0.3 is 10.6 Å². The van der Waals surface area contributed by atoms with Crippen LogP contribution < -0.4 is 10.6 Å². The van der Waals surface area contributed by atoms with Gasteiger partial charge in [0.05, 0.1) is 17.6 Å². The lowest BCUT2D eigenvalue weighted by atomic mass is 9.92. The molecule has 6 nitrogen and oxygen atoms in total. The lowest BCUT2D eigenvalue weighted by Gasteiger charge is -2.19. The summed E-state index contributed by atoms with van der Waals surface area (Å²) in [7, 11) is 0. The predicted molar refractivity (Wildman–Crippen MR) is 129 cm³/mol. The van der Waals surface area contributed by atoms with Crippen LogP contribution in [0.3, 0.4) is 0 Å². The second-order valence-electron chi connectivity index (χ2n) is 9.91. The molecular weight excluding hydrogens is 417 g/mol. The summed E-state index contributed by atoms with van der Waals surface area (Å²) in [6.45, 7) is 9.03. The van der Waals surface area contributed by atoms with Crippen LogP contribution >= 0.6 is 0 Å². The molecule has 0 bridgehead atoms. The fourth-order valence-electron chi connectivity index (χ4n) is 3.56. The Hall–Kier alpha value is -3.35. The van der Waals surface area contributed by atoms with E-state index in [0.717, 1.165) is 41.5 Å². The van der Waals surface area contributed by atoms with E-state index in [1.807, 2.05) is 25.1 Å². The van der Waals surface area contributed by atoms with Crippen molar-refractivity contribution in [2.24, 2.45) is 11.3 Å². The minimum Gasteiger partial charge on any atom is -0.383 e. The van der Waals surface area contributed by atoms with Crippen LogP contribution in [0.4, 0.5) is 15.9 Å². The lowest BCUT2D eigenvalue weighted by Crippen LogP contribution is -2.14. The van der Waals surface area contributed by atoms with Crippen LogP contribution in [-0.2, 0) is 4.79 Å². The third kappa shape index (κ3) is 5.92. The molecule has 172 valence electrons. The first kappa shape index (κ1) is 22.8. The molecule has 1 aliphatic rings. The van der Waals surface area contributed by atoms with Gasteiger partial charge >= 0.3 is 0 Å². The monoisotopic (exact) mass is 447 g/mol. The van der Waals surface area contributed by atoms with E-state index >= 15 is 0 Å². The number of carbonyl (C=O) groups is 1. The number of benzene rings is 1. The van der Waals surface area contributed by atoms with Gasteiger partial charge in [0, 0.05) is 29.8 Å². The van der Waals surface area contributed by atoms with Crippen LogP contribution in [0.5, 0.6) is 0 Å². The van der Waals surface area contributed by atoms with Crippen molar-refractivity contribution >= 4 is 17.4 Å². The van der Waals surface area contributed by atoms with Crippen LogP contribution in [0.25, 0.3) is 22.4 Å². The van der Waals surface area contributed by atoms with Gasteiger partial charge in [-0.05, 0) is 73.1 Å². The molecule has 1 aromatic carbocycles. The summed E-state index contributed by atoms with van der Waals surface area (Å²) in [4.78, 5) is 16.3. The van der Waals surface area contributed by atoms with E-state index < -0.39 is 0 Å². The summed E-state index contributed by atoms with van der Waals surface area (Å²) in [6, 6.07) is 8.95. The molecule has 7 heteroatoms. The van der Waals surface area contributed by atoms with Crippen molar-refractivity contribution in [3.63, 3.8) is 0 Å². The van der Waals surface area contributed by atoms with E-state index in [1.165, 1.54) is 6.07 Å². The number of carbonyl (C=O) groups excluding carboxylic acids is 1. The Kier molecular flexibility index (Phi) is 6.40. The first-order valence-corrected chi connectivity index (χ1v) is 11.3. The molecular formula is C26H30FN5O. The zero-order valence-electron chi connectivity index (χ0n) is 19.6. The van der Waals surface area contributed by atoms with E-state index in [-0.39, 0.29) is 23.1 Å². The summed E-state index contributed by atoms with van der Waals surface area (Å²) >= 11 is 0. The molecule has 1 aliphatic carbocycles. The Morgan fingerprint density at radius 3 is 2.67 bits per heavy atom. The standard InChI is InChI=1S/C26H30FN5O/c1-16-11-21(27)23(28-10-8-26(2,3)4)14-20(16)22-12-19(15-30-32-22)18-7-9-29-24(13-18)31-25(33)17-5-6-17/h7,9,11-15,17,28H,5-6,8,10H2,1-4H3,(H,29,31,33). The Bertz CT molecular complexity index is 1170. The molecule has 0 spiro atoms. The number of pyridine rings is 1. The third-order valence-electron chi connectivity index (χ3n) is 5.73. The average molecular weight is 448 g/mol. The number of amides is 1. The molecule has 0 unspecified atom stereocenters. The molecule has 33 heavy (non-hydrogen) atoms. The molecule has 1 fully saturated rings. The molecule has 0 aliphatic heterocycles. The second kappa shape index (κ2) is 9.25. The van der Waals surface area contributed by atoms with Crippen molar-refractivity contribution in [1.29, 1.82) is 0 Å². The number of aryl methyl sites for hydroxylation is 1. The Balaban J connectivity index is 1.58. The van der Waals surface area contributed by atoms with E-state index in [1.54, 1.807) is 18.5 Å². The van der Waals surface area contributed by atoms with Gasteiger partial charge in [-0.1, -0.05) is 20.8 Å². The average Bonchev–Trinajstić information content (AvgIpc) is 3.60. The van der Waals surface area contributed by atoms with E-state index in [0.29, 0.717) is 23.7 Å². The molecule has 0 saturated heterocycles. The Morgan fingerprint density at radius 2 is 1.94 bits per heavy atom. The third-order valence-corrected chi connectivity index (χ3v) is 5.73. The maximum absolute atomic E-state index is 14.6. The molecule has 2 N–H and O–H groups in total. The summed E-state index contributed by atoms with van der Waals surface area (Å²) in [5.41, 5.74) is 4.60. The zero-order chi connectivity index (χ0) is 23.6. The molecule has 1 amide bonds. The highest BCUT2D eigenvalue weighted by Crippen LogP contribution is 2.32. The van der Waals surface area contributed by atoms with Crippen molar-refractivity contribution in [2.45, 2.75) is 47.0 Å². The van der Waals surface area contributed by atoms with Crippen LogP contribution in [0, 0.1) is 24.1 Å². The van der Waals surface area contributed by atoms with Gasteiger partial charge in [0.15, 0.2) is 0 Å². The molecule has 1 saturated carbocycles.